The number of carbonyl (C=O) groups is 2. The summed E-state index contributed by atoms with van der Waals surface area (Å²) >= 11 is 0. The summed E-state index contributed by atoms with van der Waals surface area (Å²) in [5, 5.41) is 0. The summed E-state index contributed by atoms with van der Waals surface area (Å²) in [6.07, 6.45) is 1.40. The first-order valence-electron chi connectivity index (χ1n) is 5.95. The second kappa shape index (κ2) is 7.44. The van der Waals surface area contributed by atoms with Crippen LogP contribution in [0.1, 0.15) is 17.4 Å². The molecule has 1 aromatic rings. The number of carbonyl (C=O) groups excluding carboxylic acids is 2. The lowest BCUT2D eigenvalue weighted by atomic mass is 10.2. The molecule has 0 saturated carbocycles. The summed E-state index contributed by atoms with van der Waals surface area (Å²) < 4.78 is 14.9. The van der Waals surface area contributed by atoms with Gasteiger partial charge in [0.05, 0.1) is 25.6 Å². The Hall–Kier alpha value is -2.15. The number of amides is 1. The van der Waals surface area contributed by atoms with E-state index in [-0.39, 0.29) is 11.6 Å². The van der Waals surface area contributed by atoms with Crippen molar-refractivity contribution >= 4 is 17.6 Å². The molecule has 0 spiro atoms. The minimum absolute atomic E-state index is 0.0595. The van der Waals surface area contributed by atoms with Crippen molar-refractivity contribution < 1.29 is 23.8 Å². The van der Waals surface area contributed by atoms with E-state index in [1.165, 1.54) is 25.1 Å². The van der Waals surface area contributed by atoms with E-state index >= 15 is 0 Å². The van der Waals surface area contributed by atoms with E-state index in [9.17, 15) is 9.59 Å². The Morgan fingerprint density at radius 1 is 1.30 bits per heavy atom. The summed E-state index contributed by atoms with van der Waals surface area (Å²) in [6, 6.07) is 1.57. The lowest BCUT2D eigenvalue weighted by molar-refractivity contribution is -0.116. The molecule has 0 aliphatic heterocycles. The van der Waals surface area contributed by atoms with Crippen molar-refractivity contribution in [2.75, 3.05) is 39.4 Å². The number of hydrogen-bond donors (Lipinski definition) is 0. The fourth-order valence-corrected chi connectivity index (χ4v) is 1.44. The van der Waals surface area contributed by atoms with Crippen LogP contribution >= 0.6 is 0 Å². The van der Waals surface area contributed by atoms with Crippen molar-refractivity contribution in [2.45, 2.75) is 6.92 Å². The van der Waals surface area contributed by atoms with Crippen molar-refractivity contribution in [3.05, 3.63) is 18.0 Å². The highest BCUT2D eigenvalue weighted by atomic mass is 16.5. The number of pyridine rings is 1. The van der Waals surface area contributed by atoms with Gasteiger partial charge in [0.25, 0.3) is 0 Å². The zero-order valence-corrected chi connectivity index (χ0v) is 12.0. The monoisotopic (exact) mass is 282 g/mol. The van der Waals surface area contributed by atoms with Gasteiger partial charge in [-0.1, -0.05) is 0 Å². The number of rotatable bonds is 6. The Kier molecular flexibility index (Phi) is 5.92. The van der Waals surface area contributed by atoms with Crippen LogP contribution in [0.2, 0.25) is 0 Å². The van der Waals surface area contributed by atoms with Gasteiger partial charge in [-0.05, 0) is 0 Å². The maximum absolute atomic E-state index is 11.6. The van der Waals surface area contributed by atoms with Crippen molar-refractivity contribution in [1.29, 1.82) is 0 Å². The van der Waals surface area contributed by atoms with E-state index in [2.05, 4.69) is 9.72 Å². The Morgan fingerprint density at radius 2 is 2.00 bits per heavy atom. The molecule has 7 nitrogen and oxygen atoms in total. The van der Waals surface area contributed by atoms with Crippen LogP contribution < -0.4 is 9.64 Å². The lowest BCUT2D eigenvalue weighted by Crippen LogP contribution is -2.26. The third kappa shape index (κ3) is 3.92. The van der Waals surface area contributed by atoms with Gasteiger partial charge >= 0.3 is 5.97 Å². The summed E-state index contributed by atoms with van der Waals surface area (Å²) in [5.41, 5.74) is 0.392. The highest BCUT2D eigenvalue weighted by Crippen LogP contribution is 2.24. The van der Waals surface area contributed by atoms with Crippen LogP contribution in [0, 0.1) is 0 Å². The van der Waals surface area contributed by atoms with Crippen LogP contribution in [0.5, 0.6) is 5.75 Å². The predicted molar refractivity (Wildman–Crippen MR) is 72.0 cm³/mol. The normalized spacial score (nSPS) is 10.0. The van der Waals surface area contributed by atoms with Crippen LogP contribution in [0.25, 0.3) is 0 Å². The van der Waals surface area contributed by atoms with Crippen molar-refractivity contribution in [1.82, 2.24) is 4.98 Å². The summed E-state index contributed by atoms with van der Waals surface area (Å²) in [7, 11) is 4.37. The molecular weight excluding hydrogens is 264 g/mol. The van der Waals surface area contributed by atoms with Gasteiger partial charge in [-0.15, -0.1) is 0 Å². The van der Waals surface area contributed by atoms with Gasteiger partial charge in [-0.2, -0.15) is 0 Å². The van der Waals surface area contributed by atoms with E-state index in [4.69, 9.17) is 9.47 Å². The van der Waals surface area contributed by atoms with Gasteiger partial charge in [0.15, 0.2) is 5.69 Å². The predicted octanol–water partition coefficient (Wildman–Crippen LogP) is 0.876. The van der Waals surface area contributed by atoms with Gasteiger partial charge < -0.3 is 19.1 Å². The third-order valence-corrected chi connectivity index (χ3v) is 2.61. The molecule has 0 bridgehead atoms. The molecular formula is C13H18N2O5. The van der Waals surface area contributed by atoms with Crippen LogP contribution in [-0.2, 0) is 14.3 Å². The van der Waals surface area contributed by atoms with Crippen molar-refractivity contribution in [3.63, 3.8) is 0 Å². The highest BCUT2D eigenvalue weighted by molar-refractivity contribution is 6.00. The van der Waals surface area contributed by atoms with Crippen LogP contribution in [0.3, 0.4) is 0 Å². The smallest absolute Gasteiger partial charge is 0.358 e. The fourth-order valence-electron chi connectivity index (χ4n) is 1.44. The molecule has 1 amide bonds. The molecule has 0 N–H and O–H groups in total. The van der Waals surface area contributed by atoms with E-state index in [1.807, 2.05) is 0 Å². The van der Waals surface area contributed by atoms with Crippen LogP contribution in [0.15, 0.2) is 12.3 Å². The van der Waals surface area contributed by atoms with Crippen LogP contribution in [-0.4, -0.2) is 51.3 Å². The van der Waals surface area contributed by atoms with Crippen molar-refractivity contribution in [2.24, 2.45) is 0 Å². The molecule has 0 aliphatic carbocycles. The molecule has 0 aromatic carbocycles. The maximum atomic E-state index is 11.6. The van der Waals surface area contributed by atoms with E-state index in [0.717, 1.165) is 0 Å². The van der Waals surface area contributed by atoms with Crippen LogP contribution in [0.4, 0.5) is 5.69 Å². The number of anilines is 1. The number of nitrogens with zero attached hydrogens (tertiary/aromatic N) is 2. The molecule has 1 aromatic heterocycles. The molecule has 7 heteroatoms. The fraction of sp³-hybridized carbons (Fsp3) is 0.462. The number of esters is 1. The maximum Gasteiger partial charge on any atom is 0.358 e. The first-order valence-corrected chi connectivity index (χ1v) is 5.95. The zero-order chi connectivity index (χ0) is 15.1. The molecule has 110 valence electrons. The number of methoxy groups -OCH3 is 2. The highest BCUT2D eigenvalue weighted by Gasteiger charge is 2.20. The van der Waals surface area contributed by atoms with Gasteiger partial charge in [0.2, 0.25) is 5.91 Å². The Balaban J connectivity index is 3.08. The van der Waals surface area contributed by atoms with E-state index in [0.29, 0.717) is 24.7 Å². The topological polar surface area (TPSA) is 78.0 Å². The molecule has 1 rings (SSSR count). The van der Waals surface area contributed by atoms with Crippen molar-refractivity contribution in [3.8, 4) is 5.75 Å². The molecule has 0 aliphatic rings. The molecule has 0 fully saturated rings. The summed E-state index contributed by atoms with van der Waals surface area (Å²) in [5.74, 6) is -0.402. The first kappa shape index (κ1) is 15.9. The summed E-state index contributed by atoms with van der Waals surface area (Å²) in [6.45, 7) is 2.16. The standard InChI is InChI=1S/C13H18N2O5/c1-9(16)15(2)11-7-10(20-6-5-18-3)8-14-12(11)13(17)19-4/h7-8H,5-6H2,1-4H3. The third-order valence-electron chi connectivity index (χ3n) is 2.61. The largest absolute Gasteiger partial charge is 0.489 e. The first-order chi connectivity index (χ1) is 9.51. The minimum Gasteiger partial charge on any atom is -0.489 e. The molecule has 1 heterocycles. The van der Waals surface area contributed by atoms with Gasteiger partial charge in [0.1, 0.15) is 12.4 Å². The molecule has 20 heavy (non-hydrogen) atoms. The second-order valence-corrected chi connectivity index (χ2v) is 3.95. The number of aromatic nitrogens is 1. The van der Waals surface area contributed by atoms with Gasteiger partial charge in [-0.3, -0.25) is 4.79 Å². The minimum atomic E-state index is -0.614. The zero-order valence-electron chi connectivity index (χ0n) is 12.0. The molecule has 0 radical (unpaired) electrons. The quantitative estimate of drug-likeness (QED) is 0.569. The average molecular weight is 282 g/mol. The Morgan fingerprint density at radius 3 is 2.55 bits per heavy atom. The average Bonchev–Trinajstić information content (AvgIpc) is 2.45. The molecule has 0 saturated heterocycles. The van der Waals surface area contributed by atoms with Gasteiger partial charge in [-0.25, -0.2) is 9.78 Å². The summed E-state index contributed by atoms with van der Waals surface area (Å²) in [4.78, 5) is 28.4. The number of hydrogen-bond acceptors (Lipinski definition) is 6. The molecule has 0 atom stereocenters. The SMILES string of the molecule is COCCOc1cnc(C(=O)OC)c(N(C)C(C)=O)c1. The van der Waals surface area contributed by atoms with E-state index in [1.54, 1.807) is 20.2 Å². The second-order valence-electron chi connectivity index (χ2n) is 3.95. The Labute approximate surface area is 117 Å². The van der Waals surface area contributed by atoms with E-state index < -0.39 is 5.97 Å². The van der Waals surface area contributed by atoms with Gasteiger partial charge in [0, 0.05) is 27.1 Å². The number of ether oxygens (including phenoxy) is 3. The lowest BCUT2D eigenvalue weighted by Gasteiger charge is -2.18. The molecule has 0 unspecified atom stereocenters. The Bertz CT molecular complexity index is 490.